The molecular formula is C13H24Cl2N4O. The highest BCUT2D eigenvalue weighted by Gasteiger charge is 2.30. The standard InChI is InChI=1S/C13H22N4O.2ClH/c1-3-4-11-7-15-10(2)17-12(11)16-9-13(18)5-6-14-8-13;;/h7,14,18H,3-6,8-9H2,1-2H3,(H,15,16,17);2*1H. The van der Waals surface area contributed by atoms with Gasteiger partial charge in [-0.2, -0.15) is 0 Å². The Morgan fingerprint density at radius 3 is 2.80 bits per heavy atom. The van der Waals surface area contributed by atoms with Gasteiger partial charge in [0.1, 0.15) is 11.6 Å². The van der Waals surface area contributed by atoms with Crippen LogP contribution in [0.4, 0.5) is 5.82 Å². The number of β-amino-alcohol motifs (C(OH)–C–C–N with tert-alkyl or cyclic N) is 1. The largest absolute Gasteiger partial charge is 0.387 e. The normalized spacial score (nSPS) is 20.9. The third-order valence-electron chi connectivity index (χ3n) is 3.31. The molecule has 0 radical (unpaired) electrons. The Labute approximate surface area is 132 Å². The predicted octanol–water partition coefficient (Wildman–Crippen LogP) is 1.72. The molecule has 5 nitrogen and oxygen atoms in total. The summed E-state index contributed by atoms with van der Waals surface area (Å²) in [6.45, 7) is 6.08. The van der Waals surface area contributed by atoms with E-state index < -0.39 is 5.60 Å². The first-order valence-corrected chi connectivity index (χ1v) is 6.62. The molecule has 2 rings (SSSR count). The monoisotopic (exact) mass is 322 g/mol. The van der Waals surface area contributed by atoms with Gasteiger partial charge in [0.25, 0.3) is 0 Å². The van der Waals surface area contributed by atoms with Gasteiger partial charge in [-0.05, 0) is 26.3 Å². The summed E-state index contributed by atoms with van der Waals surface area (Å²) in [4.78, 5) is 8.66. The summed E-state index contributed by atoms with van der Waals surface area (Å²) in [6, 6.07) is 0. The summed E-state index contributed by atoms with van der Waals surface area (Å²) in [7, 11) is 0. The van der Waals surface area contributed by atoms with Gasteiger partial charge in [-0.1, -0.05) is 13.3 Å². The van der Waals surface area contributed by atoms with Crippen LogP contribution < -0.4 is 10.6 Å². The van der Waals surface area contributed by atoms with E-state index in [1.807, 2.05) is 13.1 Å². The molecule has 1 fully saturated rings. The second-order valence-corrected chi connectivity index (χ2v) is 5.05. The molecular weight excluding hydrogens is 299 g/mol. The lowest BCUT2D eigenvalue weighted by Crippen LogP contribution is -2.39. The number of nitrogens with zero attached hydrogens (tertiary/aromatic N) is 2. The molecule has 0 saturated carbocycles. The molecule has 3 N–H and O–H groups in total. The molecule has 1 aromatic heterocycles. The number of hydrogen-bond acceptors (Lipinski definition) is 5. The maximum absolute atomic E-state index is 10.3. The fourth-order valence-corrected chi connectivity index (χ4v) is 2.23. The SMILES string of the molecule is CCCc1cnc(C)nc1NCC1(O)CCNC1.Cl.Cl. The first-order valence-electron chi connectivity index (χ1n) is 6.62. The lowest BCUT2D eigenvalue weighted by Gasteiger charge is -2.22. The van der Waals surface area contributed by atoms with E-state index in [0.29, 0.717) is 13.1 Å². The van der Waals surface area contributed by atoms with Crippen molar-refractivity contribution in [1.29, 1.82) is 0 Å². The van der Waals surface area contributed by atoms with Gasteiger partial charge in [-0.25, -0.2) is 9.97 Å². The summed E-state index contributed by atoms with van der Waals surface area (Å²) in [6.07, 6.45) is 4.69. The Morgan fingerprint density at radius 2 is 2.20 bits per heavy atom. The fourth-order valence-electron chi connectivity index (χ4n) is 2.23. The van der Waals surface area contributed by atoms with E-state index in [1.165, 1.54) is 0 Å². The molecule has 2 heterocycles. The van der Waals surface area contributed by atoms with E-state index in [4.69, 9.17) is 0 Å². The van der Waals surface area contributed by atoms with Crippen LogP contribution in [0.2, 0.25) is 0 Å². The Kier molecular flexibility index (Phi) is 8.35. The average Bonchev–Trinajstić information content (AvgIpc) is 2.77. The van der Waals surface area contributed by atoms with Crippen molar-refractivity contribution in [2.24, 2.45) is 0 Å². The Bertz CT molecular complexity index is 411. The van der Waals surface area contributed by atoms with E-state index in [0.717, 1.165) is 43.0 Å². The van der Waals surface area contributed by atoms with Gasteiger partial charge in [0, 0.05) is 24.8 Å². The molecule has 7 heteroatoms. The van der Waals surface area contributed by atoms with Gasteiger partial charge in [0.15, 0.2) is 0 Å². The number of hydrogen-bond donors (Lipinski definition) is 3. The van der Waals surface area contributed by atoms with Crippen LogP contribution in [-0.2, 0) is 6.42 Å². The molecule has 1 aliphatic rings. The summed E-state index contributed by atoms with van der Waals surface area (Å²) < 4.78 is 0. The summed E-state index contributed by atoms with van der Waals surface area (Å²) in [5, 5.41) is 16.7. The summed E-state index contributed by atoms with van der Waals surface area (Å²) in [5.74, 6) is 1.62. The first kappa shape index (κ1) is 19.4. The van der Waals surface area contributed by atoms with Crippen LogP contribution in [0, 0.1) is 6.92 Å². The van der Waals surface area contributed by atoms with Gasteiger partial charge in [-0.3, -0.25) is 0 Å². The minimum absolute atomic E-state index is 0. The van der Waals surface area contributed by atoms with Crippen LogP contribution in [0.25, 0.3) is 0 Å². The van der Waals surface area contributed by atoms with Crippen LogP contribution in [0.3, 0.4) is 0 Å². The quantitative estimate of drug-likeness (QED) is 0.770. The molecule has 1 aliphatic heterocycles. The Hall–Kier alpha value is -0.620. The number of nitrogens with one attached hydrogen (secondary N) is 2. The molecule has 0 aliphatic carbocycles. The van der Waals surface area contributed by atoms with Crippen LogP contribution >= 0.6 is 24.8 Å². The van der Waals surface area contributed by atoms with Crippen LogP contribution in [-0.4, -0.2) is 40.3 Å². The molecule has 0 aromatic carbocycles. The molecule has 20 heavy (non-hydrogen) atoms. The third-order valence-corrected chi connectivity index (χ3v) is 3.31. The van der Waals surface area contributed by atoms with Gasteiger partial charge in [0.05, 0.1) is 5.60 Å². The summed E-state index contributed by atoms with van der Waals surface area (Å²) >= 11 is 0. The number of aromatic nitrogens is 2. The van der Waals surface area contributed by atoms with Crippen LogP contribution in [0.15, 0.2) is 6.20 Å². The highest BCUT2D eigenvalue weighted by molar-refractivity contribution is 5.85. The predicted molar refractivity (Wildman–Crippen MR) is 86.2 cm³/mol. The summed E-state index contributed by atoms with van der Waals surface area (Å²) in [5.41, 5.74) is 0.472. The smallest absolute Gasteiger partial charge is 0.132 e. The van der Waals surface area contributed by atoms with Crippen molar-refractivity contribution in [3.8, 4) is 0 Å². The topological polar surface area (TPSA) is 70.1 Å². The van der Waals surface area contributed by atoms with Gasteiger partial charge >= 0.3 is 0 Å². The van der Waals surface area contributed by atoms with Crippen molar-refractivity contribution in [2.75, 3.05) is 25.0 Å². The maximum atomic E-state index is 10.3. The highest BCUT2D eigenvalue weighted by Crippen LogP contribution is 2.18. The van der Waals surface area contributed by atoms with Gasteiger partial charge < -0.3 is 15.7 Å². The molecule has 0 spiro atoms. The van der Waals surface area contributed by atoms with Crippen molar-refractivity contribution in [3.05, 3.63) is 17.6 Å². The second-order valence-electron chi connectivity index (χ2n) is 5.05. The van der Waals surface area contributed by atoms with Crippen LogP contribution in [0.1, 0.15) is 31.2 Å². The number of aliphatic hydroxyl groups is 1. The van der Waals surface area contributed by atoms with E-state index >= 15 is 0 Å². The van der Waals surface area contributed by atoms with E-state index in [1.54, 1.807) is 0 Å². The third kappa shape index (κ3) is 5.05. The van der Waals surface area contributed by atoms with E-state index in [9.17, 15) is 5.11 Å². The fraction of sp³-hybridized carbons (Fsp3) is 0.692. The van der Waals surface area contributed by atoms with Crippen molar-refractivity contribution in [1.82, 2.24) is 15.3 Å². The van der Waals surface area contributed by atoms with Gasteiger partial charge in [0.2, 0.25) is 0 Å². The number of aryl methyl sites for hydroxylation is 2. The first-order chi connectivity index (χ1) is 8.63. The van der Waals surface area contributed by atoms with E-state index in [-0.39, 0.29) is 24.8 Å². The minimum Gasteiger partial charge on any atom is -0.387 e. The molecule has 0 bridgehead atoms. The number of halogens is 2. The lowest BCUT2D eigenvalue weighted by atomic mass is 10.0. The average molecular weight is 323 g/mol. The van der Waals surface area contributed by atoms with Crippen molar-refractivity contribution in [2.45, 2.75) is 38.7 Å². The van der Waals surface area contributed by atoms with Crippen LogP contribution in [0.5, 0.6) is 0 Å². The molecule has 0 amide bonds. The molecule has 1 aromatic rings. The highest BCUT2D eigenvalue weighted by atomic mass is 35.5. The Morgan fingerprint density at radius 1 is 1.45 bits per heavy atom. The molecule has 1 unspecified atom stereocenters. The molecule has 116 valence electrons. The van der Waals surface area contributed by atoms with Gasteiger partial charge in [-0.15, -0.1) is 24.8 Å². The van der Waals surface area contributed by atoms with Crippen molar-refractivity contribution >= 4 is 30.6 Å². The minimum atomic E-state index is -0.650. The van der Waals surface area contributed by atoms with Crippen molar-refractivity contribution < 1.29 is 5.11 Å². The number of anilines is 1. The zero-order valence-corrected chi connectivity index (χ0v) is 13.6. The second kappa shape index (κ2) is 8.62. The zero-order valence-electron chi connectivity index (χ0n) is 12.0. The molecule has 1 atom stereocenters. The Balaban J connectivity index is 0.00000180. The van der Waals surface area contributed by atoms with E-state index in [2.05, 4.69) is 27.5 Å². The lowest BCUT2D eigenvalue weighted by molar-refractivity contribution is 0.0751. The number of rotatable bonds is 5. The molecule has 1 saturated heterocycles. The zero-order chi connectivity index (χ0) is 13.0. The maximum Gasteiger partial charge on any atom is 0.132 e. The van der Waals surface area contributed by atoms with Crippen molar-refractivity contribution in [3.63, 3.8) is 0 Å².